The Balaban J connectivity index is 1.79. The van der Waals surface area contributed by atoms with Crippen molar-refractivity contribution >= 4 is 33.7 Å². The number of carbonyl (C=O) groups is 3. The first-order valence-electron chi connectivity index (χ1n) is 9.57. The zero-order valence-corrected chi connectivity index (χ0v) is 17.5. The third kappa shape index (κ3) is 4.31. The number of rotatable bonds is 6. The van der Waals surface area contributed by atoms with E-state index in [1.165, 1.54) is 0 Å². The van der Waals surface area contributed by atoms with Crippen molar-refractivity contribution < 1.29 is 19.5 Å². The topological polar surface area (TPSA) is 113 Å². The quantitative estimate of drug-likeness (QED) is 0.544. The average molecular weight is 462 g/mol. The molecule has 29 heavy (non-hydrogen) atoms. The Morgan fingerprint density at radius 3 is 2.55 bits per heavy atom. The van der Waals surface area contributed by atoms with Gasteiger partial charge in [0.25, 0.3) is 0 Å². The molecular formula is C21H24BrN3O4. The second-order valence-corrected chi connectivity index (χ2v) is 8.62. The maximum Gasteiger partial charge on any atom is 0.243 e. The summed E-state index contributed by atoms with van der Waals surface area (Å²) in [7, 11) is 0. The highest BCUT2D eigenvalue weighted by Gasteiger charge is 2.54. The molecule has 2 atom stereocenters. The van der Waals surface area contributed by atoms with Gasteiger partial charge in [0.15, 0.2) is 0 Å². The van der Waals surface area contributed by atoms with Crippen molar-refractivity contribution in [3.63, 3.8) is 0 Å². The summed E-state index contributed by atoms with van der Waals surface area (Å²) >= 11 is 3.40. The number of amides is 3. The first-order chi connectivity index (χ1) is 13.8. The number of benzene rings is 1. The molecule has 1 aromatic carbocycles. The summed E-state index contributed by atoms with van der Waals surface area (Å²) < 4.78 is 0.900. The minimum Gasteiger partial charge on any atom is -0.393 e. The summed E-state index contributed by atoms with van der Waals surface area (Å²) in [6.07, 6.45) is 6.55. The molecule has 1 heterocycles. The monoisotopic (exact) mass is 461 g/mol. The molecule has 0 bridgehead atoms. The minimum atomic E-state index is -0.832. The van der Waals surface area contributed by atoms with Gasteiger partial charge in [-0.15, -0.1) is 6.42 Å². The summed E-state index contributed by atoms with van der Waals surface area (Å²) in [5.74, 6) is 1.20. The molecule has 1 aliphatic carbocycles. The molecule has 2 aliphatic rings. The lowest BCUT2D eigenvalue weighted by Gasteiger charge is -2.47. The van der Waals surface area contributed by atoms with Gasteiger partial charge in [0, 0.05) is 11.0 Å². The van der Waals surface area contributed by atoms with Gasteiger partial charge in [0.05, 0.1) is 24.0 Å². The summed E-state index contributed by atoms with van der Waals surface area (Å²) in [6, 6.07) is 6.02. The molecule has 2 fully saturated rings. The molecule has 3 amide bonds. The molecule has 8 heteroatoms. The van der Waals surface area contributed by atoms with Gasteiger partial charge >= 0.3 is 0 Å². The molecular weight excluding hydrogens is 438 g/mol. The van der Waals surface area contributed by atoms with Gasteiger partial charge in [-0.25, -0.2) is 0 Å². The van der Waals surface area contributed by atoms with E-state index in [2.05, 4.69) is 27.2 Å². The molecule has 3 rings (SSSR count). The molecule has 0 unspecified atom stereocenters. The summed E-state index contributed by atoms with van der Waals surface area (Å²) in [6.45, 7) is 0.460. The number of halogens is 1. The molecule has 1 aromatic rings. The van der Waals surface area contributed by atoms with Gasteiger partial charge in [-0.1, -0.05) is 34.0 Å². The predicted molar refractivity (Wildman–Crippen MR) is 110 cm³/mol. The van der Waals surface area contributed by atoms with E-state index in [-0.39, 0.29) is 18.2 Å². The van der Waals surface area contributed by atoms with Crippen LogP contribution in [-0.4, -0.2) is 52.5 Å². The van der Waals surface area contributed by atoms with Gasteiger partial charge in [0.1, 0.15) is 6.04 Å². The number of hydrogen-bond donors (Lipinski definition) is 3. The zero-order chi connectivity index (χ0) is 21.2. The second kappa shape index (κ2) is 8.56. The molecule has 7 nitrogen and oxygen atoms in total. The standard InChI is InChI=1S/C21H24BrN3O4/c1-2-15(10-18(23)27)24-19(28)17-4-3-9-25(17)20(29)21(11-16(26)12-21)13-5-7-14(22)8-6-13/h1,5-8,15-17,26H,3-4,9-12H2,(H2,23,27)(H,24,28)/t15-,16?,17+,21?/m1/s1. The van der Waals surface area contributed by atoms with Crippen LogP contribution in [0.2, 0.25) is 0 Å². The van der Waals surface area contributed by atoms with Gasteiger partial charge in [0.2, 0.25) is 17.7 Å². The first kappa shape index (κ1) is 21.3. The van der Waals surface area contributed by atoms with Crippen molar-refractivity contribution in [1.29, 1.82) is 0 Å². The Morgan fingerprint density at radius 2 is 2.00 bits per heavy atom. The number of nitrogens with one attached hydrogen (secondary N) is 1. The van der Waals surface area contributed by atoms with Gasteiger partial charge in [-0.05, 0) is 43.4 Å². The van der Waals surface area contributed by atoms with Crippen LogP contribution in [0, 0.1) is 12.3 Å². The van der Waals surface area contributed by atoms with Crippen molar-refractivity contribution in [1.82, 2.24) is 10.2 Å². The third-order valence-electron chi connectivity index (χ3n) is 5.71. The maximum absolute atomic E-state index is 13.5. The van der Waals surface area contributed by atoms with Crippen LogP contribution in [0.4, 0.5) is 0 Å². The smallest absolute Gasteiger partial charge is 0.243 e. The second-order valence-electron chi connectivity index (χ2n) is 7.71. The predicted octanol–water partition coefficient (Wildman–Crippen LogP) is 0.826. The number of nitrogens with zero attached hydrogens (tertiary/aromatic N) is 1. The zero-order valence-electron chi connectivity index (χ0n) is 15.9. The van der Waals surface area contributed by atoms with Gasteiger partial charge < -0.3 is 21.1 Å². The van der Waals surface area contributed by atoms with E-state index in [1.807, 2.05) is 24.3 Å². The van der Waals surface area contributed by atoms with E-state index in [0.717, 1.165) is 10.0 Å². The fraction of sp³-hybridized carbons (Fsp3) is 0.476. The fourth-order valence-electron chi connectivity index (χ4n) is 4.23. The molecule has 154 valence electrons. The Kier molecular flexibility index (Phi) is 6.30. The number of carbonyl (C=O) groups excluding carboxylic acids is 3. The van der Waals surface area contributed by atoms with E-state index < -0.39 is 29.5 Å². The van der Waals surface area contributed by atoms with E-state index in [9.17, 15) is 19.5 Å². The van der Waals surface area contributed by atoms with Crippen molar-refractivity contribution in [3.8, 4) is 12.3 Å². The number of likely N-dealkylation sites (tertiary alicyclic amines) is 1. The highest BCUT2D eigenvalue weighted by Crippen LogP contribution is 2.46. The highest BCUT2D eigenvalue weighted by molar-refractivity contribution is 9.10. The van der Waals surface area contributed by atoms with Crippen LogP contribution >= 0.6 is 15.9 Å². The lowest BCUT2D eigenvalue weighted by atomic mass is 9.61. The van der Waals surface area contributed by atoms with E-state index in [4.69, 9.17) is 12.2 Å². The van der Waals surface area contributed by atoms with Crippen LogP contribution < -0.4 is 11.1 Å². The number of aliphatic hydroxyl groups excluding tert-OH is 1. The normalized spacial score (nSPS) is 26.9. The number of primary amides is 1. The highest BCUT2D eigenvalue weighted by atomic mass is 79.9. The van der Waals surface area contributed by atoms with Crippen LogP contribution in [0.25, 0.3) is 0 Å². The van der Waals surface area contributed by atoms with Crippen LogP contribution in [0.3, 0.4) is 0 Å². The Hall–Kier alpha value is -2.37. The number of terminal acetylenes is 1. The van der Waals surface area contributed by atoms with Gasteiger partial charge in [-0.2, -0.15) is 0 Å². The Morgan fingerprint density at radius 1 is 1.34 bits per heavy atom. The Bertz CT molecular complexity index is 842. The van der Waals surface area contributed by atoms with Crippen molar-refractivity contribution in [3.05, 3.63) is 34.3 Å². The molecule has 0 aromatic heterocycles. The summed E-state index contributed by atoms with van der Waals surface area (Å²) in [5, 5.41) is 12.6. The number of hydrogen-bond acceptors (Lipinski definition) is 4. The van der Waals surface area contributed by atoms with Crippen LogP contribution in [-0.2, 0) is 19.8 Å². The van der Waals surface area contributed by atoms with Crippen molar-refractivity contribution in [2.75, 3.05) is 6.54 Å². The SMILES string of the molecule is C#C[C@H](CC(N)=O)NC(=O)[C@@H]1CCCN1C(=O)C1(c2ccc(Br)cc2)CC(O)C1. The molecule has 4 N–H and O–H groups in total. The average Bonchev–Trinajstić information content (AvgIpc) is 3.14. The maximum atomic E-state index is 13.5. The molecule has 1 saturated heterocycles. The lowest BCUT2D eigenvalue weighted by molar-refractivity contribution is -0.150. The first-order valence-corrected chi connectivity index (χ1v) is 10.4. The van der Waals surface area contributed by atoms with Crippen LogP contribution in [0.1, 0.15) is 37.7 Å². The fourth-order valence-corrected chi connectivity index (χ4v) is 4.49. The molecule has 0 spiro atoms. The van der Waals surface area contributed by atoms with Gasteiger partial charge in [-0.3, -0.25) is 14.4 Å². The summed E-state index contributed by atoms with van der Waals surface area (Å²) in [4.78, 5) is 39.0. The summed E-state index contributed by atoms with van der Waals surface area (Å²) in [5.41, 5.74) is 5.17. The van der Waals surface area contributed by atoms with E-state index in [1.54, 1.807) is 4.90 Å². The van der Waals surface area contributed by atoms with E-state index >= 15 is 0 Å². The largest absolute Gasteiger partial charge is 0.393 e. The molecule has 0 radical (unpaired) electrons. The van der Waals surface area contributed by atoms with Crippen molar-refractivity contribution in [2.45, 2.75) is 55.7 Å². The molecule has 1 saturated carbocycles. The van der Waals surface area contributed by atoms with Crippen molar-refractivity contribution in [2.24, 2.45) is 5.73 Å². The Labute approximate surface area is 178 Å². The van der Waals surface area contributed by atoms with E-state index in [0.29, 0.717) is 32.2 Å². The molecule has 1 aliphatic heterocycles. The lowest BCUT2D eigenvalue weighted by Crippen LogP contribution is -2.59. The minimum absolute atomic E-state index is 0.155. The van der Waals surface area contributed by atoms with Crippen LogP contribution in [0.15, 0.2) is 28.7 Å². The number of aliphatic hydroxyl groups is 1. The number of nitrogens with two attached hydrogens (primary N) is 1. The third-order valence-corrected chi connectivity index (χ3v) is 6.24. The van der Waals surface area contributed by atoms with Crippen LogP contribution in [0.5, 0.6) is 0 Å².